The number of carbonyl (C=O) groups excluding carboxylic acids is 1. The second-order valence-corrected chi connectivity index (χ2v) is 8.35. The molecule has 0 unspecified atom stereocenters. The monoisotopic (exact) mass is 441 g/mol. The highest BCUT2D eigenvalue weighted by Crippen LogP contribution is 2.42. The summed E-state index contributed by atoms with van der Waals surface area (Å²) in [5, 5.41) is 3.57. The fraction of sp³-hybridized carbons (Fsp3) is 0.231. The molecule has 0 radical (unpaired) electrons. The lowest BCUT2D eigenvalue weighted by molar-refractivity contribution is -0.147. The number of aromatic nitrogens is 2. The highest BCUT2D eigenvalue weighted by atomic mass is 16.6. The lowest BCUT2D eigenvalue weighted by Gasteiger charge is -2.15. The van der Waals surface area contributed by atoms with Crippen LogP contribution in [0, 0.1) is 6.92 Å². The normalized spacial score (nSPS) is 18.4. The predicted octanol–water partition coefficient (Wildman–Crippen LogP) is 4.88. The van der Waals surface area contributed by atoms with Crippen LogP contribution in [-0.2, 0) is 9.53 Å². The minimum atomic E-state index is -0.349. The van der Waals surface area contributed by atoms with Crippen molar-refractivity contribution >= 4 is 22.7 Å². The van der Waals surface area contributed by atoms with E-state index in [9.17, 15) is 4.79 Å². The maximum atomic E-state index is 11.3. The first-order chi connectivity index (χ1) is 16.1. The van der Waals surface area contributed by atoms with E-state index < -0.39 is 0 Å². The van der Waals surface area contributed by atoms with Crippen LogP contribution in [0.5, 0.6) is 11.5 Å². The van der Waals surface area contributed by atoms with Crippen molar-refractivity contribution in [1.82, 2.24) is 9.55 Å². The minimum absolute atomic E-state index is 0.00115. The van der Waals surface area contributed by atoms with E-state index in [-0.39, 0.29) is 18.1 Å². The summed E-state index contributed by atoms with van der Waals surface area (Å²) in [6.45, 7) is 4.28. The Balaban J connectivity index is 1.30. The molecule has 7 heteroatoms. The third kappa shape index (κ3) is 3.28. The summed E-state index contributed by atoms with van der Waals surface area (Å²) in [6, 6.07) is 20.2. The molecule has 0 amide bonds. The lowest BCUT2D eigenvalue weighted by Crippen LogP contribution is -2.12. The zero-order valence-electron chi connectivity index (χ0n) is 18.4. The SMILES string of the molecule is CC(=O)O[C@@H]1COc2cc(N[C@H]3COc4c3cccc4-n3c(C)nc4ccccc43)ccc21. The molecule has 0 fully saturated rings. The van der Waals surface area contributed by atoms with Gasteiger partial charge in [-0.3, -0.25) is 9.36 Å². The van der Waals surface area contributed by atoms with E-state index in [1.54, 1.807) is 0 Å². The Labute approximate surface area is 190 Å². The molecule has 6 rings (SSSR count). The van der Waals surface area contributed by atoms with Gasteiger partial charge in [-0.15, -0.1) is 0 Å². The molecule has 0 saturated carbocycles. The zero-order valence-corrected chi connectivity index (χ0v) is 18.4. The summed E-state index contributed by atoms with van der Waals surface area (Å²) in [5.41, 5.74) is 5.93. The van der Waals surface area contributed by atoms with Gasteiger partial charge in [-0.2, -0.15) is 0 Å². The molecule has 1 N–H and O–H groups in total. The number of carbonyl (C=O) groups is 1. The fourth-order valence-corrected chi connectivity index (χ4v) is 4.75. The van der Waals surface area contributed by atoms with Crippen LogP contribution in [0.25, 0.3) is 16.7 Å². The van der Waals surface area contributed by atoms with Crippen LogP contribution in [0.1, 0.15) is 36.0 Å². The molecule has 3 heterocycles. The van der Waals surface area contributed by atoms with E-state index >= 15 is 0 Å². The van der Waals surface area contributed by atoms with Crippen LogP contribution in [0.4, 0.5) is 5.69 Å². The smallest absolute Gasteiger partial charge is 0.303 e. The molecule has 2 aliphatic heterocycles. The molecular weight excluding hydrogens is 418 g/mol. The number of fused-ring (bicyclic) bond motifs is 3. The van der Waals surface area contributed by atoms with Gasteiger partial charge in [-0.05, 0) is 37.3 Å². The summed E-state index contributed by atoms with van der Waals surface area (Å²) < 4.78 is 19.4. The number of esters is 1. The largest absolute Gasteiger partial charge is 0.489 e. The number of rotatable bonds is 4. The number of hydrogen-bond acceptors (Lipinski definition) is 6. The fourth-order valence-electron chi connectivity index (χ4n) is 4.75. The Bertz CT molecular complexity index is 1390. The van der Waals surface area contributed by atoms with Crippen LogP contribution < -0.4 is 14.8 Å². The molecule has 0 spiro atoms. The number of anilines is 1. The van der Waals surface area contributed by atoms with Crippen LogP contribution in [0.15, 0.2) is 60.7 Å². The lowest BCUT2D eigenvalue weighted by atomic mass is 10.1. The van der Waals surface area contributed by atoms with Crippen molar-refractivity contribution in [2.45, 2.75) is 26.0 Å². The van der Waals surface area contributed by atoms with Crippen molar-refractivity contribution in [1.29, 1.82) is 0 Å². The number of nitrogens with zero attached hydrogens (tertiary/aromatic N) is 2. The molecule has 4 aromatic rings. The van der Waals surface area contributed by atoms with Gasteiger partial charge in [0.2, 0.25) is 0 Å². The molecule has 7 nitrogen and oxygen atoms in total. The first-order valence-electron chi connectivity index (χ1n) is 11.0. The van der Waals surface area contributed by atoms with Crippen molar-refractivity contribution in [3.05, 3.63) is 77.6 Å². The van der Waals surface area contributed by atoms with E-state index in [1.165, 1.54) is 6.92 Å². The molecule has 33 heavy (non-hydrogen) atoms. The Morgan fingerprint density at radius 2 is 1.94 bits per heavy atom. The van der Waals surface area contributed by atoms with E-state index in [1.807, 2.05) is 43.3 Å². The zero-order chi connectivity index (χ0) is 22.5. The summed E-state index contributed by atoms with van der Waals surface area (Å²) in [7, 11) is 0. The van der Waals surface area contributed by atoms with Crippen molar-refractivity contribution < 1.29 is 19.0 Å². The van der Waals surface area contributed by atoms with Gasteiger partial charge in [0, 0.05) is 29.8 Å². The van der Waals surface area contributed by atoms with Crippen molar-refractivity contribution in [3.8, 4) is 17.2 Å². The Morgan fingerprint density at radius 1 is 1.06 bits per heavy atom. The van der Waals surface area contributed by atoms with Crippen molar-refractivity contribution in [3.63, 3.8) is 0 Å². The second kappa shape index (κ2) is 7.55. The molecular formula is C26H23N3O4. The standard InChI is InChI=1S/C26H23N3O4/c1-15-27-20-7-3-4-8-22(20)29(15)23-9-5-6-18-21(13-32-26(18)23)28-17-10-11-19-24(12-17)31-14-25(19)33-16(2)30/h3-12,21,25,28H,13-14H2,1-2H3/t21-,25+/m0/s1. The Morgan fingerprint density at radius 3 is 2.82 bits per heavy atom. The molecule has 2 aliphatic rings. The van der Waals surface area contributed by atoms with Crippen LogP contribution in [0.2, 0.25) is 0 Å². The Hall–Kier alpha value is -4.00. The van der Waals surface area contributed by atoms with E-state index in [0.29, 0.717) is 13.2 Å². The number of para-hydroxylation sites is 3. The number of benzene rings is 3. The van der Waals surface area contributed by atoms with Crippen LogP contribution >= 0.6 is 0 Å². The first-order valence-corrected chi connectivity index (χ1v) is 11.0. The molecule has 166 valence electrons. The van der Waals surface area contributed by atoms with Gasteiger partial charge >= 0.3 is 5.97 Å². The van der Waals surface area contributed by atoms with Gasteiger partial charge in [0.25, 0.3) is 0 Å². The number of imidazole rings is 1. The predicted molar refractivity (Wildman–Crippen MR) is 124 cm³/mol. The topological polar surface area (TPSA) is 74.6 Å². The first kappa shape index (κ1) is 19.7. The quantitative estimate of drug-likeness (QED) is 0.455. The summed E-state index contributed by atoms with van der Waals surface area (Å²) >= 11 is 0. The van der Waals surface area contributed by atoms with Crippen LogP contribution in [-0.4, -0.2) is 28.7 Å². The highest BCUT2D eigenvalue weighted by molar-refractivity contribution is 5.79. The maximum absolute atomic E-state index is 11.3. The molecule has 2 atom stereocenters. The molecule has 3 aromatic carbocycles. The van der Waals surface area contributed by atoms with Gasteiger partial charge in [-0.1, -0.05) is 24.3 Å². The number of hydrogen-bond donors (Lipinski definition) is 1. The number of aryl methyl sites for hydroxylation is 1. The summed E-state index contributed by atoms with van der Waals surface area (Å²) in [4.78, 5) is 16.0. The average Bonchev–Trinajstić information content (AvgIpc) is 3.48. The Kier molecular flexibility index (Phi) is 4.50. The maximum Gasteiger partial charge on any atom is 0.303 e. The molecule has 1 aromatic heterocycles. The molecule has 0 aliphatic carbocycles. The minimum Gasteiger partial charge on any atom is -0.489 e. The highest BCUT2D eigenvalue weighted by Gasteiger charge is 2.30. The van der Waals surface area contributed by atoms with E-state index in [4.69, 9.17) is 19.2 Å². The molecule has 0 bridgehead atoms. The van der Waals surface area contributed by atoms with E-state index in [2.05, 4.69) is 34.1 Å². The van der Waals surface area contributed by atoms with Crippen molar-refractivity contribution in [2.24, 2.45) is 0 Å². The third-order valence-corrected chi connectivity index (χ3v) is 6.16. The van der Waals surface area contributed by atoms with Gasteiger partial charge in [0.05, 0.1) is 22.8 Å². The van der Waals surface area contributed by atoms with Crippen molar-refractivity contribution in [2.75, 3.05) is 18.5 Å². The molecule has 0 saturated heterocycles. The van der Waals surface area contributed by atoms with Gasteiger partial charge < -0.3 is 19.5 Å². The van der Waals surface area contributed by atoms with E-state index in [0.717, 1.165) is 50.9 Å². The second-order valence-electron chi connectivity index (χ2n) is 8.35. The average molecular weight is 441 g/mol. The van der Waals surface area contributed by atoms with Crippen LogP contribution in [0.3, 0.4) is 0 Å². The van der Waals surface area contributed by atoms with Gasteiger partial charge in [0.15, 0.2) is 6.10 Å². The number of nitrogens with one attached hydrogen (secondary N) is 1. The number of ether oxygens (including phenoxy) is 3. The van der Waals surface area contributed by atoms with Gasteiger partial charge in [-0.25, -0.2) is 4.98 Å². The summed E-state index contributed by atoms with van der Waals surface area (Å²) in [5.74, 6) is 2.21. The van der Waals surface area contributed by atoms with Gasteiger partial charge in [0.1, 0.15) is 30.5 Å². The summed E-state index contributed by atoms with van der Waals surface area (Å²) in [6.07, 6.45) is -0.349. The third-order valence-electron chi connectivity index (χ3n) is 6.16.